The summed E-state index contributed by atoms with van der Waals surface area (Å²) >= 11 is 0. The van der Waals surface area contributed by atoms with Gasteiger partial charge in [-0.25, -0.2) is 0 Å². The van der Waals surface area contributed by atoms with E-state index in [1.165, 1.54) is 0 Å². The van der Waals surface area contributed by atoms with Gasteiger partial charge in [-0.15, -0.1) is 0 Å². The van der Waals surface area contributed by atoms with Crippen LogP contribution in [-0.2, 0) is 11.4 Å². The second-order valence-corrected chi connectivity index (χ2v) is 6.70. The number of ether oxygens (including phenoxy) is 2. The van der Waals surface area contributed by atoms with Gasteiger partial charge in [0.05, 0.1) is 32.0 Å². The average Bonchev–Trinajstić information content (AvgIpc) is 3.19. The van der Waals surface area contributed by atoms with Gasteiger partial charge in [0.15, 0.2) is 0 Å². The molecule has 2 heterocycles. The largest absolute Gasteiger partial charge is 0.497 e. The SMILES string of the molecule is COc1ccc(C2=C[C@@H](Cn3c(=O)cc(C)c4ccccc43)ON2)c(OC)c1. The third-order valence-electron chi connectivity index (χ3n) is 4.96. The lowest BCUT2D eigenvalue weighted by Gasteiger charge is -2.14. The monoisotopic (exact) mass is 378 g/mol. The maximum Gasteiger partial charge on any atom is 0.251 e. The summed E-state index contributed by atoms with van der Waals surface area (Å²) in [7, 11) is 3.23. The van der Waals surface area contributed by atoms with E-state index in [-0.39, 0.29) is 11.7 Å². The van der Waals surface area contributed by atoms with E-state index in [1.807, 2.05) is 55.5 Å². The van der Waals surface area contributed by atoms with Crippen LogP contribution in [0.25, 0.3) is 16.6 Å². The summed E-state index contributed by atoms with van der Waals surface area (Å²) in [5.41, 5.74) is 6.46. The van der Waals surface area contributed by atoms with Crippen LogP contribution in [0, 0.1) is 6.92 Å². The quantitative estimate of drug-likeness (QED) is 0.738. The highest BCUT2D eigenvalue weighted by Gasteiger charge is 2.22. The maximum absolute atomic E-state index is 12.6. The van der Waals surface area contributed by atoms with Crippen molar-refractivity contribution in [1.29, 1.82) is 0 Å². The Morgan fingerprint density at radius 3 is 2.71 bits per heavy atom. The molecule has 0 radical (unpaired) electrons. The van der Waals surface area contributed by atoms with Crippen LogP contribution < -0.4 is 20.5 Å². The zero-order valence-corrected chi connectivity index (χ0v) is 16.1. The van der Waals surface area contributed by atoms with E-state index in [4.69, 9.17) is 14.3 Å². The van der Waals surface area contributed by atoms with Gasteiger partial charge < -0.3 is 14.0 Å². The molecule has 1 aliphatic rings. The van der Waals surface area contributed by atoms with Crippen LogP contribution in [-0.4, -0.2) is 24.9 Å². The van der Waals surface area contributed by atoms with Crippen LogP contribution in [0.1, 0.15) is 11.1 Å². The number of aryl methyl sites for hydroxylation is 1. The molecule has 6 heteroatoms. The van der Waals surface area contributed by atoms with Crippen LogP contribution >= 0.6 is 0 Å². The van der Waals surface area contributed by atoms with E-state index >= 15 is 0 Å². The minimum atomic E-state index is -0.286. The van der Waals surface area contributed by atoms with Crippen molar-refractivity contribution < 1.29 is 14.3 Å². The molecule has 0 spiro atoms. The number of hydrogen-bond donors (Lipinski definition) is 1. The van der Waals surface area contributed by atoms with Gasteiger partial charge in [0, 0.05) is 23.1 Å². The molecule has 0 saturated heterocycles. The van der Waals surface area contributed by atoms with Crippen molar-refractivity contribution in [2.45, 2.75) is 19.6 Å². The Bertz CT molecular complexity index is 1120. The first-order valence-corrected chi connectivity index (χ1v) is 9.06. The summed E-state index contributed by atoms with van der Waals surface area (Å²) < 4.78 is 12.5. The first-order chi connectivity index (χ1) is 13.6. The Labute approximate surface area is 162 Å². The number of hydroxylamine groups is 1. The topological polar surface area (TPSA) is 61.7 Å². The number of benzene rings is 2. The molecule has 144 valence electrons. The zero-order valence-electron chi connectivity index (χ0n) is 16.1. The third kappa shape index (κ3) is 3.23. The molecule has 0 bridgehead atoms. The summed E-state index contributed by atoms with van der Waals surface area (Å²) in [6.07, 6.45) is 1.68. The molecule has 0 saturated carbocycles. The number of pyridine rings is 1. The molecule has 3 aromatic rings. The third-order valence-corrected chi connectivity index (χ3v) is 4.96. The second kappa shape index (κ2) is 7.40. The lowest BCUT2D eigenvalue weighted by molar-refractivity contribution is 0.0419. The van der Waals surface area contributed by atoms with E-state index in [1.54, 1.807) is 24.9 Å². The van der Waals surface area contributed by atoms with E-state index in [0.29, 0.717) is 18.0 Å². The fraction of sp³-hybridized carbons (Fsp3) is 0.227. The molecule has 0 amide bonds. The Kier molecular flexibility index (Phi) is 4.79. The first kappa shape index (κ1) is 18.1. The van der Waals surface area contributed by atoms with Gasteiger partial charge in [-0.2, -0.15) is 0 Å². The molecule has 28 heavy (non-hydrogen) atoms. The number of nitrogens with zero attached hydrogens (tertiary/aromatic N) is 1. The van der Waals surface area contributed by atoms with Gasteiger partial charge in [-0.3, -0.25) is 15.1 Å². The van der Waals surface area contributed by atoms with Crippen molar-refractivity contribution in [1.82, 2.24) is 10.0 Å². The summed E-state index contributed by atoms with van der Waals surface area (Å²) in [5.74, 6) is 1.40. The van der Waals surface area contributed by atoms with Gasteiger partial charge in [0.1, 0.15) is 17.6 Å². The molecule has 0 unspecified atom stereocenters. The molecule has 1 atom stereocenters. The maximum atomic E-state index is 12.6. The zero-order chi connectivity index (χ0) is 19.7. The number of aromatic nitrogens is 1. The second-order valence-electron chi connectivity index (χ2n) is 6.70. The average molecular weight is 378 g/mol. The minimum Gasteiger partial charge on any atom is -0.497 e. The van der Waals surface area contributed by atoms with Gasteiger partial charge in [0.2, 0.25) is 0 Å². The fourth-order valence-electron chi connectivity index (χ4n) is 3.52. The van der Waals surface area contributed by atoms with Crippen LogP contribution in [0.15, 0.2) is 59.4 Å². The number of rotatable bonds is 5. The molecule has 2 aromatic carbocycles. The number of hydrogen-bond acceptors (Lipinski definition) is 5. The van der Waals surface area contributed by atoms with Crippen LogP contribution in [0.5, 0.6) is 11.5 Å². The Morgan fingerprint density at radius 1 is 1.11 bits per heavy atom. The number of para-hydroxylation sites is 1. The molecule has 4 rings (SSSR count). The normalized spacial score (nSPS) is 16.0. The van der Waals surface area contributed by atoms with E-state index in [2.05, 4.69) is 5.48 Å². The van der Waals surface area contributed by atoms with Crippen molar-refractivity contribution in [2.24, 2.45) is 0 Å². The first-order valence-electron chi connectivity index (χ1n) is 9.06. The number of nitrogens with one attached hydrogen (secondary N) is 1. The van der Waals surface area contributed by atoms with Crippen LogP contribution in [0.3, 0.4) is 0 Å². The highest BCUT2D eigenvalue weighted by Crippen LogP contribution is 2.31. The standard InChI is InChI=1S/C22H22N2O4/c1-14-10-22(25)24(20-7-5-4-6-17(14)20)13-16-11-19(23-28-16)18-9-8-15(26-2)12-21(18)27-3/h4-12,16,23H,13H2,1-3H3/t16-/m0/s1. The van der Waals surface area contributed by atoms with Crippen LogP contribution in [0.2, 0.25) is 0 Å². The number of methoxy groups -OCH3 is 2. The molecule has 6 nitrogen and oxygen atoms in total. The summed E-state index contributed by atoms with van der Waals surface area (Å²) in [6.45, 7) is 2.37. The van der Waals surface area contributed by atoms with E-state index < -0.39 is 0 Å². The van der Waals surface area contributed by atoms with Gasteiger partial charge >= 0.3 is 0 Å². The fourth-order valence-corrected chi connectivity index (χ4v) is 3.52. The Balaban J connectivity index is 1.66. The molecule has 0 fully saturated rings. The van der Waals surface area contributed by atoms with Crippen molar-refractivity contribution >= 4 is 16.6 Å². The van der Waals surface area contributed by atoms with Crippen molar-refractivity contribution in [3.63, 3.8) is 0 Å². The molecular weight excluding hydrogens is 356 g/mol. The van der Waals surface area contributed by atoms with Crippen molar-refractivity contribution in [2.75, 3.05) is 14.2 Å². The smallest absolute Gasteiger partial charge is 0.251 e. The van der Waals surface area contributed by atoms with Crippen molar-refractivity contribution in [3.05, 3.63) is 76.1 Å². The molecule has 1 aromatic heterocycles. The lowest BCUT2D eigenvalue weighted by Crippen LogP contribution is -2.27. The Morgan fingerprint density at radius 2 is 1.93 bits per heavy atom. The lowest BCUT2D eigenvalue weighted by atomic mass is 10.1. The highest BCUT2D eigenvalue weighted by molar-refractivity contribution is 5.82. The Hall–Kier alpha value is -3.25. The molecule has 1 N–H and O–H groups in total. The summed E-state index contributed by atoms with van der Waals surface area (Å²) in [4.78, 5) is 18.3. The van der Waals surface area contributed by atoms with E-state index in [0.717, 1.165) is 27.7 Å². The molecular formula is C22H22N2O4. The number of fused-ring (bicyclic) bond motifs is 1. The summed E-state index contributed by atoms with van der Waals surface area (Å²) in [5, 5.41) is 1.06. The predicted molar refractivity (Wildman–Crippen MR) is 108 cm³/mol. The molecule has 1 aliphatic heterocycles. The van der Waals surface area contributed by atoms with Gasteiger partial charge in [-0.1, -0.05) is 18.2 Å². The molecule has 0 aliphatic carbocycles. The summed E-state index contributed by atoms with van der Waals surface area (Å²) in [6, 6.07) is 15.2. The van der Waals surface area contributed by atoms with Gasteiger partial charge in [0.25, 0.3) is 5.56 Å². The van der Waals surface area contributed by atoms with Crippen LogP contribution in [0.4, 0.5) is 0 Å². The van der Waals surface area contributed by atoms with Gasteiger partial charge in [-0.05, 0) is 36.8 Å². The van der Waals surface area contributed by atoms with Crippen molar-refractivity contribution in [3.8, 4) is 11.5 Å². The van der Waals surface area contributed by atoms with E-state index in [9.17, 15) is 4.79 Å². The minimum absolute atomic E-state index is 0.0383. The predicted octanol–water partition coefficient (Wildman–Crippen LogP) is 3.27. The highest BCUT2D eigenvalue weighted by atomic mass is 16.7.